The Morgan fingerprint density at radius 1 is 0.395 bits per heavy atom. The quantitative estimate of drug-likeness (QED) is 0.179. The second-order valence-electron chi connectivity index (χ2n) is 11.3. The number of rotatable bonds is 2. The molecular formula is C40H23NS2. The van der Waals surface area contributed by atoms with E-state index in [1.54, 1.807) is 0 Å². The molecule has 0 amide bonds. The molecule has 200 valence electrons. The van der Waals surface area contributed by atoms with Gasteiger partial charge in [-0.05, 0) is 93.2 Å². The van der Waals surface area contributed by atoms with Crippen LogP contribution in [-0.2, 0) is 0 Å². The monoisotopic (exact) mass is 581 g/mol. The van der Waals surface area contributed by atoms with Gasteiger partial charge in [-0.2, -0.15) is 0 Å². The van der Waals surface area contributed by atoms with Crippen molar-refractivity contribution in [2.75, 3.05) is 0 Å². The summed E-state index contributed by atoms with van der Waals surface area (Å²) in [5.41, 5.74) is 6.26. The number of aromatic nitrogens is 1. The molecular weight excluding hydrogens is 559 g/mol. The molecule has 0 aliphatic carbocycles. The average Bonchev–Trinajstić information content (AvgIpc) is 3.74. The number of para-hydroxylation sites is 2. The zero-order chi connectivity index (χ0) is 28.1. The second-order valence-corrected chi connectivity index (χ2v) is 13.3. The Bertz CT molecular complexity index is 2720. The Morgan fingerprint density at radius 3 is 2.00 bits per heavy atom. The SMILES string of the molecule is c1ccc(-n2c3ccccc3c3cc4c(cc32)c(-c2csc3ccccc23)cc2cc3sc5ccccc5c3cc24)cc1. The van der Waals surface area contributed by atoms with Crippen molar-refractivity contribution in [1.29, 1.82) is 0 Å². The van der Waals surface area contributed by atoms with E-state index in [9.17, 15) is 0 Å². The van der Waals surface area contributed by atoms with E-state index < -0.39 is 0 Å². The van der Waals surface area contributed by atoms with E-state index in [1.807, 2.05) is 22.7 Å². The smallest absolute Gasteiger partial charge is 0.0547 e. The predicted molar refractivity (Wildman–Crippen MR) is 190 cm³/mol. The fraction of sp³-hybridized carbons (Fsp3) is 0. The summed E-state index contributed by atoms with van der Waals surface area (Å²) in [5, 5.41) is 14.1. The van der Waals surface area contributed by atoms with Gasteiger partial charge in [0.1, 0.15) is 0 Å². The van der Waals surface area contributed by atoms with Crippen LogP contribution in [0.5, 0.6) is 0 Å². The number of fused-ring (bicyclic) bond motifs is 10. The summed E-state index contributed by atoms with van der Waals surface area (Å²) in [6, 6.07) is 49.4. The molecule has 3 aromatic heterocycles. The third-order valence-electron chi connectivity index (χ3n) is 9.03. The van der Waals surface area contributed by atoms with E-state index >= 15 is 0 Å². The van der Waals surface area contributed by atoms with Crippen molar-refractivity contribution in [3.05, 3.63) is 139 Å². The lowest BCUT2D eigenvalue weighted by atomic mass is 9.91. The molecule has 43 heavy (non-hydrogen) atoms. The Morgan fingerprint density at radius 2 is 1.12 bits per heavy atom. The third kappa shape index (κ3) is 3.32. The molecule has 0 saturated heterocycles. The zero-order valence-electron chi connectivity index (χ0n) is 23.0. The van der Waals surface area contributed by atoms with E-state index in [0.29, 0.717) is 0 Å². The van der Waals surface area contributed by atoms with E-state index in [1.165, 1.54) is 90.4 Å². The lowest BCUT2D eigenvalue weighted by molar-refractivity contribution is 1.18. The summed E-state index contributed by atoms with van der Waals surface area (Å²) in [6.07, 6.45) is 0. The molecule has 1 nitrogen and oxygen atoms in total. The molecule has 0 atom stereocenters. The molecule has 3 heterocycles. The Kier molecular flexibility index (Phi) is 4.81. The highest BCUT2D eigenvalue weighted by Gasteiger charge is 2.19. The van der Waals surface area contributed by atoms with Crippen molar-refractivity contribution in [2.45, 2.75) is 0 Å². The van der Waals surface area contributed by atoms with Crippen molar-refractivity contribution < 1.29 is 0 Å². The minimum Gasteiger partial charge on any atom is -0.309 e. The summed E-state index contributed by atoms with van der Waals surface area (Å²) in [4.78, 5) is 0. The minimum atomic E-state index is 1.18. The highest BCUT2D eigenvalue weighted by molar-refractivity contribution is 7.25. The van der Waals surface area contributed by atoms with Crippen LogP contribution in [0.4, 0.5) is 0 Å². The van der Waals surface area contributed by atoms with E-state index in [0.717, 1.165) is 0 Å². The lowest BCUT2D eigenvalue weighted by Crippen LogP contribution is -1.93. The summed E-state index contributed by atoms with van der Waals surface area (Å²) < 4.78 is 6.44. The minimum absolute atomic E-state index is 1.18. The van der Waals surface area contributed by atoms with Gasteiger partial charge < -0.3 is 4.57 Å². The number of nitrogens with zero attached hydrogens (tertiary/aromatic N) is 1. The van der Waals surface area contributed by atoms with Gasteiger partial charge in [0.05, 0.1) is 11.0 Å². The van der Waals surface area contributed by atoms with Crippen LogP contribution < -0.4 is 0 Å². The van der Waals surface area contributed by atoms with Gasteiger partial charge >= 0.3 is 0 Å². The number of hydrogen-bond acceptors (Lipinski definition) is 2. The van der Waals surface area contributed by atoms with E-state index in [4.69, 9.17) is 0 Å². The fourth-order valence-electron chi connectivity index (χ4n) is 7.10. The van der Waals surface area contributed by atoms with Crippen LogP contribution in [0.25, 0.3) is 90.4 Å². The lowest BCUT2D eigenvalue weighted by Gasteiger charge is -2.13. The molecule has 0 aliphatic rings. The molecule has 7 aromatic carbocycles. The zero-order valence-corrected chi connectivity index (χ0v) is 24.7. The molecule has 0 N–H and O–H groups in total. The standard InChI is InChI=1S/C40H23NS2/c1-2-10-25(11-3-1)41-36-15-7-4-12-26(36)33-21-31-29-20-34-27-13-6-9-17-39(27)43-40(34)19-24(29)18-30(32(31)22-37(33)41)35-23-42-38-16-8-5-14-28(35)38/h1-23H. The van der Waals surface area contributed by atoms with Crippen LogP contribution in [0.15, 0.2) is 139 Å². The fourth-order valence-corrected chi connectivity index (χ4v) is 9.20. The average molecular weight is 582 g/mol. The predicted octanol–water partition coefficient (Wildman–Crippen LogP) is 12.3. The molecule has 0 aliphatic heterocycles. The van der Waals surface area contributed by atoms with E-state index in [-0.39, 0.29) is 0 Å². The van der Waals surface area contributed by atoms with Crippen LogP contribution in [0, 0.1) is 0 Å². The number of thiophene rings is 2. The van der Waals surface area contributed by atoms with Crippen molar-refractivity contribution in [1.82, 2.24) is 4.57 Å². The molecule has 0 unspecified atom stereocenters. The summed E-state index contributed by atoms with van der Waals surface area (Å²) >= 11 is 3.72. The molecule has 0 fully saturated rings. The van der Waals surface area contributed by atoms with Crippen LogP contribution in [0.3, 0.4) is 0 Å². The van der Waals surface area contributed by atoms with Crippen molar-refractivity contribution in [3.8, 4) is 16.8 Å². The largest absolute Gasteiger partial charge is 0.309 e. The molecule has 0 radical (unpaired) electrons. The van der Waals surface area contributed by atoms with Gasteiger partial charge in [0, 0.05) is 52.3 Å². The highest BCUT2D eigenvalue weighted by Crippen LogP contribution is 2.46. The third-order valence-corrected chi connectivity index (χ3v) is 11.1. The maximum absolute atomic E-state index is 2.47. The summed E-state index contributed by atoms with van der Waals surface area (Å²) in [5.74, 6) is 0. The Hall–Kier alpha value is -4.96. The number of hydrogen-bond donors (Lipinski definition) is 0. The topological polar surface area (TPSA) is 4.93 Å². The maximum atomic E-state index is 2.47. The first kappa shape index (κ1) is 23.6. The first-order valence-electron chi connectivity index (χ1n) is 14.6. The number of benzene rings is 7. The van der Waals surface area contributed by atoms with Crippen molar-refractivity contribution >= 4 is 96.3 Å². The summed E-state index contributed by atoms with van der Waals surface area (Å²) in [6.45, 7) is 0. The van der Waals surface area contributed by atoms with Gasteiger partial charge in [0.25, 0.3) is 0 Å². The molecule has 10 aromatic rings. The van der Waals surface area contributed by atoms with Crippen molar-refractivity contribution in [3.63, 3.8) is 0 Å². The normalized spacial score (nSPS) is 12.2. The second kappa shape index (κ2) is 8.78. The first-order valence-corrected chi connectivity index (χ1v) is 16.3. The van der Waals surface area contributed by atoms with Gasteiger partial charge in [0.15, 0.2) is 0 Å². The molecule has 0 bridgehead atoms. The first-order chi connectivity index (χ1) is 21.3. The molecule has 10 rings (SSSR count). The summed E-state index contributed by atoms with van der Waals surface area (Å²) in [7, 11) is 0. The molecule has 3 heteroatoms. The highest BCUT2D eigenvalue weighted by atomic mass is 32.1. The van der Waals surface area contributed by atoms with Crippen LogP contribution in [0.1, 0.15) is 0 Å². The Labute approximate surface area is 255 Å². The van der Waals surface area contributed by atoms with Crippen molar-refractivity contribution in [2.24, 2.45) is 0 Å². The van der Waals surface area contributed by atoms with E-state index in [2.05, 4.69) is 143 Å². The molecule has 0 spiro atoms. The van der Waals surface area contributed by atoms with Gasteiger partial charge in [-0.3, -0.25) is 0 Å². The van der Waals surface area contributed by atoms with Crippen LogP contribution in [-0.4, -0.2) is 4.57 Å². The van der Waals surface area contributed by atoms with Gasteiger partial charge in [-0.15, -0.1) is 22.7 Å². The van der Waals surface area contributed by atoms with Gasteiger partial charge in [-0.1, -0.05) is 72.8 Å². The Balaban J connectivity index is 1.43. The maximum Gasteiger partial charge on any atom is 0.0547 e. The van der Waals surface area contributed by atoms with Crippen LogP contribution in [0.2, 0.25) is 0 Å². The molecule has 0 saturated carbocycles. The van der Waals surface area contributed by atoms with Crippen LogP contribution >= 0.6 is 22.7 Å². The van der Waals surface area contributed by atoms with Gasteiger partial charge in [-0.25, -0.2) is 0 Å². The van der Waals surface area contributed by atoms with Gasteiger partial charge in [0.2, 0.25) is 0 Å².